The van der Waals surface area contributed by atoms with Crippen LogP contribution in [-0.2, 0) is 27.2 Å². The minimum Gasteiger partial charge on any atom is -0.482 e. The first kappa shape index (κ1) is 26.2. The van der Waals surface area contributed by atoms with E-state index in [4.69, 9.17) is 21.1 Å². The van der Waals surface area contributed by atoms with Crippen molar-refractivity contribution in [2.24, 2.45) is 0 Å². The molecule has 8 heteroatoms. The second kappa shape index (κ2) is 11.0. The Labute approximate surface area is 219 Å². The van der Waals surface area contributed by atoms with E-state index in [1.807, 2.05) is 87.5 Å². The smallest absolute Gasteiger partial charge is 0.344 e. The summed E-state index contributed by atoms with van der Waals surface area (Å²) in [6, 6.07) is 20.4. The maximum absolute atomic E-state index is 12.6. The molecule has 0 saturated heterocycles. The highest BCUT2D eigenvalue weighted by molar-refractivity contribution is 7.80. The molecule has 0 bridgehead atoms. The predicted molar refractivity (Wildman–Crippen MR) is 144 cm³/mol. The van der Waals surface area contributed by atoms with Crippen molar-refractivity contribution >= 4 is 34.5 Å². The van der Waals surface area contributed by atoms with E-state index in [1.54, 1.807) is 0 Å². The number of nitrogens with zero attached hydrogens (tertiary/aromatic N) is 1. The van der Waals surface area contributed by atoms with Gasteiger partial charge in [0.2, 0.25) is 0 Å². The summed E-state index contributed by atoms with van der Waals surface area (Å²) >= 11 is 4.09. The average molecular weight is 528 g/mol. The van der Waals surface area contributed by atoms with E-state index in [0.717, 1.165) is 35.1 Å². The summed E-state index contributed by atoms with van der Waals surface area (Å²) in [6.07, 6.45) is 2.28. The highest BCUT2D eigenvalue weighted by Crippen LogP contribution is 2.41. The first-order valence-electron chi connectivity index (χ1n) is 11.9. The van der Waals surface area contributed by atoms with Crippen LogP contribution in [0.1, 0.15) is 50.8 Å². The van der Waals surface area contributed by atoms with E-state index in [0.29, 0.717) is 22.9 Å². The van der Waals surface area contributed by atoms with Gasteiger partial charge in [0.15, 0.2) is 6.61 Å². The van der Waals surface area contributed by atoms with E-state index >= 15 is 0 Å². The lowest BCUT2D eigenvalue weighted by Gasteiger charge is -2.35. The molecule has 3 aromatic rings. The number of carbonyl (C=O) groups excluding carboxylic acids is 1. The van der Waals surface area contributed by atoms with Gasteiger partial charge in [0.25, 0.3) is 11.3 Å². The Hall–Kier alpha value is -2.87. The molecule has 0 saturated carbocycles. The zero-order chi connectivity index (χ0) is 25.9. The molecule has 4 rings (SSSR count). The minimum atomic E-state index is -2.25. The second-order valence-electron chi connectivity index (χ2n) is 9.69. The topological polar surface area (TPSA) is 76.1 Å². The zero-order valence-electron chi connectivity index (χ0n) is 20.6. The molecule has 1 aliphatic rings. The Balaban J connectivity index is 1.60. The van der Waals surface area contributed by atoms with E-state index in [-0.39, 0.29) is 12.6 Å². The van der Waals surface area contributed by atoms with E-state index in [2.05, 4.69) is 0 Å². The van der Waals surface area contributed by atoms with Gasteiger partial charge in [0.05, 0.1) is 11.7 Å². The molecular weight excluding hydrogens is 498 g/mol. The van der Waals surface area contributed by atoms with Crippen molar-refractivity contribution in [2.75, 3.05) is 10.9 Å². The summed E-state index contributed by atoms with van der Waals surface area (Å²) in [4.78, 5) is 12.2. The molecule has 0 fully saturated rings. The maximum atomic E-state index is 12.6. The molecule has 0 amide bonds. The van der Waals surface area contributed by atoms with Gasteiger partial charge in [-0.1, -0.05) is 54.1 Å². The van der Waals surface area contributed by atoms with E-state index in [9.17, 15) is 13.6 Å². The van der Waals surface area contributed by atoms with Crippen LogP contribution in [-0.4, -0.2) is 26.9 Å². The van der Waals surface area contributed by atoms with Gasteiger partial charge < -0.3 is 9.47 Å². The van der Waals surface area contributed by atoms with Gasteiger partial charge >= 0.3 is 5.97 Å². The lowest BCUT2D eigenvalue weighted by atomic mass is 9.87. The van der Waals surface area contributed by atoms with E-state index < -0.39 is 22.8 Å². The third-order valence-electron chi connectivity index (χ3n) is 5.96. The number of esters is 1. The fourth-order valence-electron chi connectivity index (χ4n) is 4.54. The molecule has 2 atom stereocenters. The molecule has 0 aromatic heterocycles. The summed E-state index contributed by atoms with van der Waals surface area (Å²) in [5.41, 5.74) is 3.73. The number of rotatable bonds is 7. The Bertz CT molecular complexity index is 1260. The van der Waals surface area contributed by atoms with Crippen LogP contribution in [0, 0.1) is 0 Å². The number of hydrogen-bond acceptors (Lipinski definition) is 4. The monoisotopic (exact) mass is 527 g/mol. The maximum Gasteiger partial charge on any atom is 0.344 e. The first-order chi connectivity index (χ1) is 17.1. The molecule has 0 radical (unpaired) electrons. The fourth-order valence-corrected chi connectivity index (χ4v) is 5.52. The molecule has 36 heavy (non-hydrogen) atoms. The van der Waals surface area contributed by atoms with Crippen LogP contribution in [0.2, 0.25) is 5.02 Å². The highest BCUT2D eigenvalue weighted by atomic mass is 35.5. The number of ether oxygens (including phenoxy) is 2. The van der Waals surface area contributed by atoms with Crippen LogP contribution in [0.4, 0.5) is 5.69 Å². The molecule has 0 spiro atoms. The molecule has 3 aromatic carbocycles. The van der Waals surface area contributed by atoms with Crippen molar-refractivity contribution in [3.8, 4) is 16.9 Å². The average Bonchev–Trinajstić information content (AvgIpc) is 2.82. The number of benzene rings is 3. The summed E-state index contributed by atoms with van der Waals surface area (Å²) < 4.78 is 35.6. The summed E-state index contributed by atoms with van der Waals surface area (Å²) in [6.45, 7) is 5.23. The molecule has 1 N–H and O–H groups in total. The summed E-state index contributed by atoms with van der Waals surface area (Å²) in [5.74, 6) is 0.157. The van der Waals surface area contributed by atoms with Gasteiger partial charge in [-0.25, -0.2) is 9.00 Å². The number of fused-ring (bicyclic) bond motifs is 1. The molecule has 0 aliphatic heterocycles. The van der Waals surface area contributed by atoms with Crippen molar-refractivity contribution in [3.05, 3.63) is 82.9 Å². The molecular formula is C28H30ClNO5S. The lowest BCUT2D eigenvalue weighted by Crippen LogP contribution is -2.33. The largest absolute Gasteiger partial charge is 0.482 e. The van der Waals surface area contributed by atoms with Gasteiger partial charge in [0.1, 0.15) is 11.4 Å². The number of halogens is 1. The van der Waals surface area contributed by atoms with Crippen LogP contribution in [0.25, 0.3) is 11.1 Å². The zero-order valence-corrected chi connectivity index (χ0v) is 22.1. The molecule has 0 heterocycles. The van der Waals surface area contributed by atoms with E-state index in [1.165, 1.54) is 4.31 Å². The Kier molecular flexibility index (Phi) is 8.03. The lowest BCUT2D eigenvalue weighted by molar-refractivity contribution is -0.157. The van der Waals surface area contributed by atoms with Gasteiger partial charge in [-0.15, -0.1) is 0 Å². The summed E-state index contributed by atoms with van der Waals surface area (Å²) in [5, 5.41) is 0.646. The van der Waals surface area contributed by atoms with Crippen molar-refractivity contribution in [3.63, 3.8) is 0 Å². The second-order valence-corrected chi connectivity index (χ2v) is 11.0. The third-order valence-corrected chi connectivity index (χ3v) is 7.09. The van der Waals surface area contributed by atoms with Crippen LogP contribution in [0.5, 0.6) is 5.75 Å². The van der Waals surface area contributed by atoms with Crippen LogP contribution in [0.15, 0.2) is 66.7 Å². The highest BCUT2D eigenvalue weighted by Gasteiger charge is 2.31. The normalized spacial score (nSPS) is 16.1. The molecule has 190 valence electrons. The number of anilines is 1. The molecule has 6 nitrogen and oxygen atoms in total. The van der Waals surface area contributed by atoms with Crippen molar-refractivity contribution < 1.29 is 23.0 Å². The Morgan fingerprint density at radius 3 is 2.47 bits per heavy atom. The van der Waals surface area contributed by atoms with Crippen LogP contribution in [0.3, 0.4) is 0 Å². The minimum absolute atomic E-state index is 0.197. The third kappa shape index (κ3) is 6.09. The standard InChI is InChI=1S/C28H30ClNO5S/c1-28(2,3)35-27(31)18-34-26-13-7-9-22-23(26)10-6-12-25(22)30(36(32)33)20-16-14-19(15-17-20)21-8-4-5-11-24(21)29/h4-5,7-9,11,13-17,25H,6,10,12,18H2,1-3H3,(H,32,33). The Morgan fingerprint density at radius 2 is 1.81 bits per heavy atom. The van der Waals surface area contributed by atoms with Gasteiger partial charge in [-0.05, 0) is 81.0 Å². The van der Waals surface area contributed by atoms with Gasteiger partial charge in [-0.2, -0.15) is 0 Å². The molecule has 2 unspecified atom stereocenters. The first-order valence-corrected chi connectivity index (χ1v) is 13.3. The van der Waals surface area contributed by atoms with Crippen LogP contribution < -0.4 is 9.04 Å². The van der Waals surface area contributed by atoms with Crippen molar-refractivity contribution in [2.45, 2.75) is 51.7 Å². The van der Waals surface area contributed by atoms with Gasteiger partial charge in [-0.3, -0.25) is 8.86 Å². The number of carbonyl (C=O) groups is 1. The Morgan fingerprint density at radius 1 is 1.08 bits per heavy atom. The fraction of sp³-hybridized carbons (Fsp3) is 0.321. The van der Waals surface area contributed by atoms with Crippen LogP contribution >= 0.6 is 11.6 Å². The SMILES string of the molecule is CC(C)(C)OC(=O)COc1cccc2c1CCCC2N(c1ccc(-c2ccccc2Cl)cc1)S(=O)O. The number of hydrogen-bond donors (Lipinski definition) is 1. The van der Waals surface area contributed by atoms with Crippen molar-refractivity contribution in [1.82, 2.24) is 0 Å². The molecule has 1 aliphatic carbocycles. The van der Waals surface area contributed by atoms with Crippen molar-refractivity contribution in [1.29, 1.82) is 0 Å². The summed E-state index contributed by atoms with van der Waals surface area (Å²) in [7, 11) is 0. The predicted octanol–water partition coefficient (Wildman–Crippen LogP) is 6.75. The van der Waals surface area contributed by atoms with Gasteiger partial charge in [0, 0.05) is 10.6 Å². The quantitative estimate of drug-likeness (QED) is 0.272.